The van der Waals surface area contributed by atoms with Crippen molar-refractivity contribution >= 4 is 23.3 Å². The van der Waals surface area contributed by atoms with E-state index in [4.69, 9.17) is 0 Å². The lowest BCUT2D eigenvalue weighted by Crippen LogP contribution is -2.08. The van der Waals surface area contributed by atoms with E-state index >= 15 is 0 Å². The zero-order valence-electron chi connectivity index (χ0n) is 18.2. The van der Waals surface area contributed by atoms with Crippen LogP contribution >= 0.6 is 11.8 Å². The number of ketones is 1. The van der Waals surface area contributed by atoms with E-state index in [9.17, 15) is 4.79 Å². The second-order valence-electron chi connectivity index (χ2n) is 8.16. The van der Waals surface area contributed by atoms with E-state index in [1.54, 1.807) is 5.57 Å². The van der Waals surface area contributed by atoms with E-state index in [0.717, 1.165) is 41.3 Å². The smallest absolute Gasteiger partial charge is 0.256 e. The molecule has 6 nitrogen and oxygen atoms in total. The van der Waals surface area contributed by atoms with Crippen LogP contribution in [0, 0.1) is 27.7 Å². The Balaban J connectivity index is 1.46. The molecular formula is C23H29N5OS. The van der Waals surface area contributed by atoms with Crippen LogP contribution in [0.3, 0.4) is 0 Å². The summed E-state index contributed by atoms with van der Waals surface area (Å²) in [5.41, 5.74) is 6.53. The number of carbonyl (C=O) groups is 1. The summed E-state index contributed by atoms with van der Waals surface area (Å²) < 4.78 is 4.20. The third-order valence-electron chi connectivity index (χ3n) is 5.91. The molecule has 0 fully saturated rings. The molecule has 1 aliphatic rings. The lowest BCUT2D eigenvalue weighted by molar-refractivity contribution is 0.102. The number of hydrogen-bond acceptors (Lipinski definition) is 5. The molecule has 0 atom stereocenters. The maximum atomic E-state index is 13.0. The predicted molar refractivity (Wildman–Crippen MR) is 120 cm³/mol. The topological polar surface area (TPSA) is 65.1 Å². The van der Waals surface area contributed by atoms with Gasteiger partial charge in [-0.1, -0.05) is 23.4 Å². The lowest BCUT2D eigenvalue weighted by atomic mass is 9.97. The minimum Gasteiger partial charge on any atom is -0.348 e. The zero-order valence-corrected chi connectivity index (χ0v) is 19.1. The van der Waals surface area contributed by atoms with Crippen LogP contribution in [0.2, 0.25) is 0 Å². The van der Waals surface area contributed by atoms with E-state index in [1.165, 1.54) is 37.4 Å². The van der Waals surface area contributed by atoms with Crippen LogP contribution in [0.25, 0.3) is 5.78 Å². The fourth-order valence-electron chi connectivity index (χ4n) is 4.32. The highest BCUT2D eigenvalue weighted by Gasteiger charge is 2.18. The molecule has 0 unspecified atom stereocenters. The SMILES string of the molecule is Cc1cc(C)n2c(SCC(=O)c3cc(C)n(CCC4=CCCCC4)c3C)nnc2n1. The van der Waals surface area contributed by atoms with Gasteiger partial charge in [0.1, 0.15) is 0 Å². The first kappa shape index (κ1) is 20.8. The summed E-state index contributed by atoms with van der Waals surface area (Å²) in [5.74, 6) is 1.05. The van der Waals surface area contributed by atoms with Crippen molar-refractivity contribution in [3.05, 3.63) is 52.1 Å². The number of rotatable bonds is 7. The lowest BCUT2D eigenvalue weighted by Gasteiger charge is -2.15. The number of hydrogen-bond donors (Lipinski definition) is 0. The Labute approximate surface area is 181 Å². The Morgan fingerprint density at radius 3 is 2.70 bits per heavy atom. The van der Waals surface area contributed by atoms with Gasteiger partial charge in [-0.3, -0.25) is 9.20 Å². The number of nitrogens with zero attached hydrogens (tertiary/aromatic N) is 5. The Hall–Kier alpha value is -2.41. The molecule has 158 valence electrons. The molecule has 0 amide bonds. The highest BCUT2D eigenvalue weighted by molar-refractivity contribution is 7.99. The van der Waals surface area contributed by atoms with Gasteiger partial charge >= 0.3 is 0 Å². The number of fused-ring (bicyclic) bond motifs is 1. The van der Waals surface area contributed by atoms with Crippen LogP contribution in [0.15, 0.2) is 28.9 Å². The molecule has 0 spiro atoms. The molecule has 0 saturated carbocycles. The molecule has 0 aliphatic heterocycles. The quantitative estimate of drug-likeness (QED) is 0.303. The Morgan fingerprint density at radius 2 is 1.93 bits per heavy atom. The van der Waals surface area contributed by atoms with Gasteiger partial charge in [0.15, 0.2) is 10.9 Å². The summed E-state index contributed by atoms with van der Waals surface area (Å²) in [5, 5.41) is 9.10. The Bertz CT molecular complexity index is 1120. The highest BCUT2D eigenvalue weighted by atomic mass is 32.2. The normalized spacial score (nSPS) is 14.3. The van der Waals surface area contributed by atoms with Gasteiger partial charge in [-0.05, 0) is 71.9 Å². The largest absolute Gasteiger partial charge is 0.348 e. The number of aryl methyl sites for hydroxylation is 3. The van der Waals surface area contributed by atoms with Crippen LogP contribution in [0.5, 0.6) is 0 Å². The molecule has 3 aromatic heterocycles. The molecule has 30 heavy (non-hydrogen) atoms. The van der Waals surface area contributed by atoms with Gasteiger partial charge in [0, 0.05) is 34.9 Å². The fourth-order valence-corrected chi connectivity index (χ4v) is 5.19. The standard InChI is InChI=1S/C23H29N5OS/c1-15-12-17(3)28-22(24-15)25-26-23(28)30-14-21(29)20-13-16(2)27(18(20)4)11-10-19-8-6-5-7-9-19/h8,12-13H,5-7,9-11,14H2,1-4H3. The summed E-state index contributed by atoms with van der Waals surface area (Å²) in [7, 11) is 0. The molecule has 4 rings (SSSR count). The van der Waals surface area contributed by atoms with Crippen molar-refractivity contribution in [3.63, 3.8) is 0 Å². The second kappa shape index (κ2) is 8.76. The first-order valence-corrected chi connectivity index (χ1v) is 11.6. The third kappa shape index (κ3) is 4.21. The summed E-state index contributed by atoms with van der Waals surface area (Å²) in [6.07, 6.45) is 8.55. The maximum absolute atomic E-state index is 13.0. The van der Waals surface area contributed by atoms with E-state index in [0.29, 0.717) is 16.7 Å². The fraction of sp³-hybridized carbons (Fsp3) is 0.478. The minimum atomic E-state index is 0.130. The van der Waals surface area contributed by atoms with Gasteiger partial charge in [0.2, 0.25) is 0 Å². The van der Waals surface area contributed by atoms with E-state index in [1.807, 2.05) is 30.4 Å². The summed E-state index contributed by atoms with van der Waals surface area (Å²) in [4.78, 5) is 17.4. The third-order valence-corrected chi connectivity index (χ3v) is 6.84. The molecule has 0 N–H and O–H groups in total. The minimum absolute atomic E-state index is 0.130. The molecule has 1 aliphatic carbocycles. The van der Waals surface area contributed by atoms with Crippen molar-refractivity contribution in [1.82, 2.24) is 24.1 Å². The molecule has 3 heterocycles. The van der Waals surface area contributed by atoms with Gasteiger partial charge in [-0.15, -0.1) is 10.2 Å². The summed E-state index contributed by atoms with van der Waals surface area (Å²) in [6.45, 7) is 9.05. The first-order valence-electron chi connectivity index (χ1n) is 10.6. The zero-order chi connectivity index (χ0) is 21.3. The van der Waals surface area contributed by atoms with E-state index in [-0.39, 0.29) is 5.78 Å². The van der Waals surface area contributed by atoms with Crippen LogP contribution in [0.4, 0.5) is 0 Å². The number of thioether (sulfide) groups is 1. The average molecular weight is 424 g/mol. The van der Waals surface area contributed by atoms with Crippen LogP contribution in [-0.4, -0.2) is 35.7 Å². The molecule has 0 aromatic carbocycles. The monoisotopic (exact) mass is 423 g/mol. The van der Waals surface area contributed by atoms with Crippen molar-refractivity contribution in [3.8, 4) is 0 Å². The van der Waals surface area contributed by atoms with Gasteiger partial charge in [-0.2, -0.15) is 0 Å². The molecule has 0 radical (unpaired) electrons. The van der Waals surface area contributed by atoms with E-state index in [2.05, 4.69) is 39.7 Å². The first-order chi connectivity index (χ1) is 14.4. The van der Waals surface area contributed by atoms with Crippen LogP contribution in [-0.2, 0) is 6.54 Å². The van der Waals surface area contributed by atoms with Crippen molar-refractivity contribution in [2.24, 2.45) is 0 Å². The average Bonchev–Trinajstić information content (AvgIpc) is 3.26. The molecule has 3 aromatic rings. The van der Waals surface area contributed by atoms with Gasteiger partial charge in [0.25, 0.3) is 5.78 Å². The molecular weight excluding hydrogens is 394 g/mol. The second-order valence-corrected chi connectivity index (χ2v) is 9.11. The van der Waals surface area contributed by atoms with Crippen LogP contribution in [0.1, 0.15) is 65.2 Å². The Morgan fingerprint density at radius 1 is 1.10 bits per heavy atom. The van der Waals surface area contributed by atoms with Crippen molar-refractivity contribution in [2.45, 2.75) is 71.5 Å². The van der Waals surface area contributed by atoms with Gasteiger partial charge < -0.3 is 4.57 Å². The van der Waals surface area contributed by atoms with Crippen LogP contribution < -0.4 is 0 Å². The Kier molecular flexibility index (Phi) is 6.09. The maximum Gasteiger partial charge on any atom is 0.256 e. The molecule has 0 saturated heterocycles. The number of allylic oxidation sites excluding steroid dienone is 2. The molecule has 7 heteroatoms. The van der Waals surface area contributed by atoms with Gasteiger partial charge in [-0.25, -0.2) is 4.98 Å². The van der Waals surface area contributed by atoms with E-state index < -0.39 is 0 Å². The van der Waals surface area contributed by atoms with Crippen molar-refractivity contribution < 1.29 is 4.79 Å². The highest BCUT2D eigenvalue weighted by Crippen LogP contribution is 2.25. The molecule has 0 bridgehead atoms. The van der Waals surface area contributed by atoms with Crippen molar-refractivity contribution in [1.29, 1.82) is 0 Å². The predicted octanol–water partition coefficient (Wildman–Crippen LogP) is 5.02. The number of Topliss-reactive ketones (excluding diaryl/α,β-unsaturated/α-hetero) is 1. The summed E-state index contributed by atoms with van der Waals surface area (Å²) in [6, 6.07) is 4.03. The number of aromatic nitrogens is 5. The van der Waals surface area contributed by atoms with Gasteiger partial charge in [0.05, 0.1) is 5.75 Å². The summed E-state index contributed by atoms with van der Waals surface area (Å²) >= 11 is 1.42. The number of carbonyl (C=O) groups excluding carboxylic acids is 1. The van der Waals surface area contributed by atoms with Crippen molar-refractivity contribution in [2.75, 3.05) is 5.75 Å².